The zero-order valence-electron chi connectivity index (χ0n) is 14.2. The van der Waals surface area contributed by atoms with Crippen LogP contribution in [-0.4, -0.2) is 16.1 Å². The molecule has 1 amide bonds. The molecule has 2 N–H and O–H groups in total. The summed E-state index contributed by atoms with van der Waals surface area (Å²) in [6.45, 7) is 2.06. The number of fused-ring (bicyclic) bond motifs is 1. The number of nitrogens with zero attached hydrogens (tertiary/aromatic N) is 1. The van der Waals surface area contributed by atoms with Crippen molar-refractivity contribution in [2.24, 2.45) is 0 Å². The van der Waals surface area contributed by atoms with Crippen molar-refractivity contribution in [3.8, 4) is 11.3 Å². The molecule has 1 heterocycles. The molecular formula is C20H17F2N3O. The fourth-order valence-electron chi connectivity index (χ4n) is 3.52. The van der Waals surface area contributed by atoms with E-state index in [0.29, 0.717) is 22.6 Å². The largest absolute Gasteiger partial charge is 0.305 e. The van der Waals surface area contributed by atoms with Crippen LogP contribution in [0.5, 0.6) is 0 Å². The van der Waals surface area contributed by atoms with E-state index in [1.165, 1.54) is 23.3 Å². The van der Waals surface area contributed by atoms with Crippen molar-refractivity contribution in [1.29, 1.82) is 0 Å². The molecule has 2 aromatic carbocycles. The van der Waals surface area contributed by atoms with Crippen molar-refractivity contribution in [3.63, 3.8) is 0 Å². The van der Waals surface area contributed by atoms with E-state index in [9.17, 15) is 13.6 Å². The van der Waals surface area contributed by atoms with Crippen molar-refractivity contribution in [3.05, 3.63) is 70.3 Å². The maximum Gasteiger partial charge on any atom is 0.257 e. The minimum Gasteiger partial charge on any atom is -0.305 e. The Hall–Kier alpha value is -3.02. The number of amides is 1. The second-order valence-corrected chi connectivity index (χ2v) is 6.52. The molecule has 0 atom stereocenters. The van der Waals surface area contributed by atoms with Gasteiger partial charge in [0.2, 0.25) is 0 Å². The van der Waals surface area contributed by atoms with Crippen molar-refractivity contribution < 1.29 is 13.6 Å². The van der Waals surface area contributed by atoms with Gasteiger partial charge in [0, 0.05) is 23.3 Å². The third-order valence-corrected chi connectivity index (χ3v) is 4.76. The van der Waals surface area contributed by atoms with Gasteiger partial charge in [-0.15, -0.1) is 0 Å². The number of nitrogens with one attached hydrogen (secondary N) is 2. The topological polar surface area (TPSA) is 57.8 Å². The lowest BCUT2D eigenvalue weighted by atomic mass is 9.98. The third-order valence-electron chi connectivity index (χ3n) is 4.76. The summed E-state index contributed by atoms with van der Waals surface area (Å²) in [6.07, 6.45) is 2.95. The summed E-state index contributed by atoms with van der Waals surface area (Å²) in [7, 11) is 0. The molecule has 0 radical (unpaired) electrons. The van der Waals surface area contributed by atoms with Crippen LogP contribution in [0.2, 0.25) is 0 Å². The first-order valence-electron chi connectivity index (χ1n) is 8.46. The Morgan fingerprint density at radius 1 is 1.08 bits per heavy atom. The summed E-state index contributed by atoms with van der Waals surface area (Å²) in [5.74, 6) is -1.26. The predicted molar refractivity (Wildman–Crippen MR) is 95.1 cm³/mol. The number of halogens is 2. The molecular weight excluding hydrogens is 336 g/mol. The van der Waals surface area contributed by atoms with Crippen LogP contribution in [-0.2, 0) is 12.8 Å². The fourth-order valence-corrected chi connectivity index (χ4v) is 3.52. The van der Waals surface area contributed by atoms with Gasteiger partial charge in [-0.05, 0) is 61.1 Å². The number of hydrogen-bond donors (Lipinski definition) is 2. The number of benzene rings is 2. The summed E-state index contributed by atoms with van der Waals surface area (Å²) < 4.78 is 26.7. The number of anilines is 1. The third kappa shape index (κ3) is 2.98. The number of aromatic amines is 1. The highest BCUT2D eigenvalue weighted by Crippen LogP contribution is 2.29. The first kappa shape index (κ1) is 16.4. The van der Waals surface area contributed by atoms with Crippen molar-refractivity contribution >= 4 is 11.7 Å². The summed E-state index contributed by atoms with van der Waals surface area (Å²) in [5, 5.41) is 9.48. The molecule has 0 saturated heterocycles. The molecule has 4 nitrogen and oxygen atoms in total. The van der Waals surface area contributed by atoms with E-state index in [4.69, 9.17) is 0 Å². The van der Waals surface area contributed by atoms with Gasteiger partial charge in [-0.25, -0.2) is 8.78 Å². The summed E-state index contributed by atoms with van der Waals surface area (Å²) >= 11 is 0. The number of aromatic nitrogens is 2. The van der Waals surface area contributed by atoms with E-state index < -0.39 is 11.6 Å². The van der Waals surface area contributed by atoms with Gasteiger partial charge in [-0.2, -0.15) is 5.10 Å². The van der Waals surface area contributed by atoms with E-state index in [1.54, 1.807) is 6.07 Å². The maximum atomic E-state index is 13.4. The van der Waals surface area contributed by atoms with E-state index in [0.717, 1.165) is 30.9 Å². The van der Waals surface area contributed by atoms with Gasteiger partial charge in [0.15, 0.2) is 5.82 Å². The Morgan fingerprint density at radius 3 is 2.58 bits per heavy atom. The van der Waals surface area contributed by atoms with Crippen LogP contribution in [0.4, 0.5) is 14.6 Å². The highest BCUT2D eigenvalue weighted by Gasteiger charge is 2.21. The molecule has 1 aliphatic carbocycles. The fraction of sp³-hybridized carbons (Fsp3) is 0.200. The minimum atomic E-state index is -0.671. The van der Waals surface area contributed by atoms with Gasteiger partial charge >= 0.3 is 0 Å². The Bertz CT molecular complexity index is 990. The van der Waals surface area contributed by atoms with Crippen LogP contribution in [0.3, 0.4) is 0 Å². The lowest BCUT2D eigenvalue weighted by Crippen LogP contribution is -2.14. The number of hydrogen-bond acceptors (Lipinski definition) is 2. The molecule has 0 bridgehead atoms. The molecule has 6 heteroatoms. The predicted octanol–water partition coefficient (Wildman–Crippen LogP) is 4.40. The number of carbonyl (C=O) groups is 1. The van der Waals surface area contributed by atoms with Crippen LogP contribution < -0.4 is 5.32 Å². The van der Waals surface area contributed by atoms with Crippen LogP contribution >= 0.6 is 0 Å². The van der Waals surface area contributed by atoms with E-state index in [1.807, 2.05) is 12.1 Å². The first-order valence-corrected chi connectivity index (χ1v) is 8.46. The molecule has 1 aromatic heterocycles. The van der Waals surface area contributed by atoms with Gasteiger partial charge < -0.3 is 5.32 Å². The Balaban J connectivity index is 1.58. The number of carbonyl (C=O) groups excluding carboxylic acids is 1. The molecule has 0 unspecified atom stereocenters. The first-order chi connectivity index (χ1) is 12.5. The van der Waals surface area contributed by atoms with Crippen molar-refractivity contribution in [1.82, 2.24) is 10.2 Å². The van der Waals surface area contributed by atoms with Crippen molar-refractivity contribution in [2.75, 3.05) is 5.32 Å². The summed E-state index contributed by atoms with van der Waals surface area (Å²) in [4.78, 5) is 12.7. The smallest absolute Gasteiger partial charge is 0.257 e. The monoisotopic (exact) mass is 353 g/mol. The maximum absolute atomic E-state index is 13.4. The average molecular weight is 353 g/mol. The van der Waals surface area contributed by atoms with Crippen molar-refractivity contribution in [2.45, 2.75) is 26.2 Å². The molecule has 26 heavy (non-hydrogen) atoms. The SMILES string of the molecule is Cc1ccc(C(=O)Nc2cc(-c3cc(F)cc(F)c3)[nH]n2)c2c1CCC2. The molecule has 0 fully saturated rings. The van der Waals surface area contributed by atoms with E-state index >= 15 is 0 Å². The molecule has 0 saturated carbocycles. The van der Waals surface area contributed by atoms with Crippen LogP contribution in [0, 0.1) is 18.6 Å². The second kappa shape index (κ2) is 6.37. The Morgan fingerprint density at radius 2 is 1.81 bits per heavy atom. The molecule has 1 aliphatic rings. The molecule has 132 valence electrons. The zero-order chi connectivity index (χ0) is 18.3. The quantitative estimate of drug-likeness (QED) is 0.733. The Kier molecular flexibility index (Phi) is 4.03. The molecule has 4 rings (SSSR count). The van der Waals surface area contributed by atoms with E-state index in [2.05, 4.69) is 22.4 Å². The average Bonchev–Trinajstić information content (AvgIpc) is 3.24. The van der Waals surface area contributed by atoms with Gasteiger partial charge in [0.05, 0.1) is 5.69 Å². The zero-order valence-corrected chi connectivity index (χ0v) is 14.2. The lowest BCUT2D eigenvalue weighted by Gasteiger charge is -2.10. The highest BCUT2D eigenvalue weighted by molar-refractivity contribution is 6.05. The standard InChI is InChI=1S/C20H17F2N3O/c1-11-5-6-17(16-4-2-3-15(11)16)20(26)23-19-10-18(24-25-19)12-7-13(21)9-14(22)8-12/h5-10H,2-4H2,1H3,(H2,23,24,25,26). The number of aryl methyl sites for hydroxylation is 1. The second-order valence-electron chi connectivity index (χ2n) is 6.52. The molecule has 0 spiro atoms. The summed E-state index contributed by atoms with van der Waals surface area (Å²) in [6, 6.07) is 8.57. The van der Waals surface area contributed by atoms with Crippen LogP contribution in [0.25, 0.3) is 11.3 Å². The van der Waals surface area contributed by atoms with Crippen LogP contribution in [0.15, 0.2) is 36.4 Å². The Labute approximate surface area is 149 Å². The van der Waals surface area contributed by atoms with Gasteiger partial charge in [0.1, 0.15) is 11.6 Å². The van der Waals surface area contributed by atoms with Gasteiger partial charge in [0.25, 0.3) is 5.91 Å². The molecule has 0 aliphatic heterocycles. The normalized spacial score (nSPS) is 12.9. The summed E-state index contributed by atoms with van der Waals surface area (Å²) in [5.41, 5.74) is 4.98. The van der Waals surface area contributed by atoms with Gasteiger partial charge in [-0.1, -0.05) is 6.07 Å². The minimum absolute atomic E-state index is 0.230. The molecule has 3 aromatic rings. The van der Waals surface area contributed by atoms with Crippen LogP contribution in [0.1, 0.15) is 33.5 Å². The number of H-pyrrole nitrogens is 1. The van der Waals surface area contributed by atoms with E-state index in [-0.39, 0.29) is 5.91 Å². The van der Waals surface area contributed by atoms with Gasteiger partial charge in [-0.3, -0.25) is 9.89 Å². The lowest BCUT2D eigenvalue weighted by molar-refractivity contribution is 0.102. The number of rotatable bonds is 3. The highest BCUT2D eigenvalue weighted by atomic mass is 19.1.